The van der Waals surface area contributed by atoms with Gasteiger partial charge in [0.15, 0.2) is 58.9 Å². The Bertz CT molecular complexity index is 1230. The van der Waals surface area contributed by atoms with Crippen LogP contribution in [0.3, 0.4) is 0 Å². The predicted octanol–water partition coefficient (Wildman–Crippen LogP) is -0.190. The first kappa shape index (κ1) is 77.2. The summed E-state index contributed by atoms with van der Waals surface area (Å²) in [7, 11) is -40.6. The van der Waals surface area contributed by atoms with Crippen LogP contribution < -0.4 is 0 Å². The summed E-state index contributed by atoms with van der Waals surface area (Å²) in [5.74, 6) is 0. The molecule has 0 aliphatic carbocycles. The first-order valence-corrected chi connectivity index (χ1v) is 64.7. The maximum Gasteiger partial charge on any atom is 0.483 e. The van der Waals surface area contributed by atoms with E-state index in [1.807, 2.05) is 73.1 Å². The highest BCUT2D eigenvalue weighted by molar-refractivity contribution is 8.14. The minimum absolute atomic E-state index is 0.812. The van der Waals surface area contributed by atoms with Crippen molar-refractivity contribution in [3.63, 3.8) is 0 Å². The molecule has 0 aromatic rings. The van der Waals surface area contributed by atoms with Gasteiger partial charge < -0.3 is 97.6 Å². The van der Waals surface area contributed by atoms with Crippen molar-refractivity contribution in [1.29, 1.82) is 0 Å². The lowest BCUT2D eigenvalue weighted by molar-refractivity contribution is 0.329. The Morgan fingerprint density at radius 2 is 0.492 bits per heavy atom. The van der Waals surface area contributed by atoms with E-state index in [9.17, 15) is 41.2 Å². The highest BCUT2D eigenvalue weighted by Gasteiger charge is 2.91. The average Bonchev–Trinajstić information content (AvgIpc) is 3.02. The maximum atomic E-state index is 11.4. The molecule has 0 amide bonds. The third kappa shape index (κ3) is 41.1. The Labute approximate surface area is 406 Å². The molecule has 0 aromatic carbocycles. The van der Waals surface area contributed by atoms with Gasteiger partial charge in [0.1, 0.15) is 0 Å². The second kappa shape index (κ2) is 34.1. The zero-order valence-electron chi connectivity index (χ0n) is 42.5. The van der Waals surface area contributed by atoms with Crippen LogP contribution in [0.5, 0.6) is 0 Å². The summed E-state index contributed by atoms with van der Waals surface area (Å²) >= 11 is 0. The van der Waals surface area contributed by atoms with Crippen LogP contribution in [0.2, 0.25) is 141 Å². The van der Waals surface area contributed by atoms with Gasteiger partial charge in [0.05, 0.1) is 0 Å². The smallest absolute Gasteiger partial charge is 0.483 e. The van der Waals surface area contributed by atoms with E-state index < -0.39 is 130 Å². The third-order valence-electron chi connectivity index (χ3n) is 8.11. The van der Waals surface area contributed by atoms with Crippen molar-refractivity contribution in [3.8, 4) is 0 Å². The van der Waals surface area contributed by atoms with Gasteiger partial charge in [0.25, 0.3) is 0 Å². The van der Waals surface area contributed by atoms with Gasteiger partial charge in [-0.25, -0.2) is 0 Å². The first-order chi connectivity index (χ1) is 28.4. The van der Waals surface area contributed by atoms with E-state index in [1.165, 1.54) is 13.1 Å². The van der Waals surface area contributed by atoms with Gasteiger partial charge in [-0.15, -0.1) is 0 Å². The normalized spacial score (nSPS) is 12.5. The Hall–Kier alpha value is 0.710. The summed E-state index contributed by atoms with van der Waals surface area (Å²) in [5, 5.41) is 0. The van der Waals surface area contributed by atoms with Crippen LogP contribution in [0.1, 0.15) is 20.8 Å². The van der Waals surface area contributed by atoms with Crippen molar-refractivity contribution < 1.29 is 97.6 Å². The fraction of sp³-hybridized carbons (Fsp3) is 1.00. The highest BCUT2D eigenvalue weighted by atomic mass is 30.4. The topological polar surface area (TPSA) is 373 Å². The monoisotopic (exact) mass is 1210 g/mol. The van der Waals surface area contributed by atoms with Gasteiger partial charge in [0.2, 0.25) is 0 Å². The van der Waals surface area contributed by atoms with Crippen molar-refractivity contribution in [3.05, 3.63) is 0 Å². The second-order valence-corrected chi connectivity index (χ2v) is 100. The van der Waals surface area contributed by atoms with Gasteiger partial charge in [-0.2, -0.15) is 0 Å². The van der Waals surface area contributed by atoms with Crippen molar-refractivity contribution in [2.24, 2.45) is 0 Å². The molecule has 0 rings (SSSR count). The molecule has 0 saturated carbocycles. The number of hydrogen-bond donors (Lipinski definition) is 12. The Morgan fingerprint density at radius 3 is 0.569 bits per heavy atom. The lowest BCUT2D eigenvalue weighted by Gasteiger charge is -2.24. The molecule has 0 aromatic heterocycles. The van der Waals surface area contributed by atoms with Crippen LogP contribution >= 0.6 is 0 Å². The quantitative estimate of drug-likeness (QED) is 0.0625. The zero-order valence-corrected chi connectivity index (χ0v) is 58.6. The average molecular weight is 1210 g/mol. The molecule has 65 heavy (non-hydrogen) atoms. The van der Waals surface area contributed by atoms with E-state index in [0.717, 1.165) is 56.1 Å². The van der Waals surface area contributed by atoms with E-state index in [-0.39, 0.29) is 0 Å². The molecule has 0 aliphatic heterocycles. The number of hydrogen-bond acceptors (Lipinski definition) is 15. The highest BCUT2D eigenvalue weighted by Crippen LogP contribution is 2.22. The molecular weight excluding hydrogens is 1120 g/mol. The molecule has 0 aliphatic rings. The van der Waals surface area contributed by atoms with E-state index in [4.69, 9.17) is 56.4 Å². The van der Waals surface area contributed by atoms with Crippen molar-refractivity contribution in [2.75, 3.05) is 19.8 Å². The molecule has 21 nitrogen and oxygen atoms in total. The van der Waals surface area contributed by atoms with E-state index in [1.54, 1.807) is 0 Å². The summed E-state index contributed by atoms with van der Waals surface area (Å²) in [4.78, 5) is 109. The molecule has 390 valence electrons. The van der Waals surface area contributed by atoms with Crippen LogP contribution in [-0.2, 0) is 40.0 Å². The molecule has 0 atom stereocenters. The van der Waals surface area contributed by atoms with Crippen LogP contribution in [0.25, 0.3) is 0 Å². The molecule has 0 radical (unpaired) electrons. The zero-order chi connectivity index (χ0) is 54.0. The van der Waals surface area contributed by atoms with Gasteiger partial charge in [-0.3, -0.25) is 0 Å². The minimum Gasteiger partial charge on any atom is -0.542 e. The summed E-state index contributed by atoms with van der Waals surface area (Å²) in [6, 6.07) is 6.22. The van der Waals surface area contributed by atoms with Crippen LogP contribution in [0.4, 0.5) is 0 Å². The summed E-state index contributed by atoms with van der Waals surface area (Å²) in [6.45, 7) is 40.4. The molecular formula is C28H88O21Si16. The molecule has 0 bridgehead atoms. The fourth-order valence-electron chi connectivity index (χ4n) is 4.72. The van der Waals surface area contributed by atoms with Gasteiger partial charge in [-0.05, 0) is 162 Å². The van der Waals surface area contributed by atoms with Crippen molar-refractivity contribution in [2.45, 2.75) is 162 Å². The largest absolute Gasteiger partial charge is 0.542 e. The molecule has 37 heteroatoms. The first-order valence-electron chi connectivity index (χ1n) is 21.1. The maximum absolute atomic E-state index is 11.4. The minimum atomic E-state index is -5.60. The van der Waals surface area contributed by atoms with Gasteiger partial charge in [-0.1, -0.05) is 0 Å². The Balaban J connectivity index is -0.000000171. The SMILES string of the molecule is CCO[Si](C)(C)CC[Si](C)(C)O.CCO[Si](C)(C)CC[Si](C)(C)O.CCO[Si](C)(C)CC[Si](C)(C)O.C[SiH](C)O.C[Si](C)(O)O.O=[Si](O)[Si]([Si](=O)O)([Si](=O)O)[Si]([Si](=O)O)([Si](=O)O)[Si](=O)O. The lowest BCUT2D eigenvalue weighted by Crippen LogP contribution is -2.91. The Kier molecular flexibility index (Phi) is 40.5. The number of rotatable bonds is 22. The summed E-state index contributed by atoms with van der Waals surface area (Å²) in [6.07, 6.45) is -11.2. The van der Waals surface area contributed by atoms with Crippen LogP contribution in [-0.4, -0.2) is 208 Å². The third-order valence-corrected chi connectivity index (χ3v) is 117. The van der Waals surface area contributed by atoms with E-state index in [0.29, 0.717) is 0 Å². The van der Waals surface area contributed by atoms with E-state index >= 15 is 0 Å². The predicted molar refractivity (Wildman–Crippen MR) is 282 cm³/mol. The molecule has 0 spiro atoms. The standard InChI is InChI=1S/3C8H22O2Si2.C2H8O2Si.C2H8OSi.H6O12Si8/c3*1-6-10-12(4,5)8-7-11(2,3)9;1-5(2,3)4;1-4(2)3;1-13(2)19(14(3)4,15(5)6)20(16(7)8,17(9)10)18(11)12/h3*9H,6-8H2,1-5H3;3-4H,1-2H3;3-4H,1-2H3;1,3,5,7,9,11H. The lowest BCUT2D eigenvalue weighted by atomic mass is 10.9. The molecule has 0 heterocycles. The van der Waals surface area contributed by atoms with Gasteiger partial charge >= 0.3 is 71.5 Å². The molecule has 0 fully saturated rings. The van der Waals surface area contributed by atoms with Crippen LogP contribution in [0, 0.1) is 0 Å². The van der Waals surface area contributed by atoms with Gasteiger partial charge in [0, 0.05) is 19.8 Å². The Morgan fingerprint density at radius 1 is 0.369 bits per heavy atom. The summed E-state index contributed by atoms with van der Waals surface area (Å²) in [5.41, 5.74) is 0. The molecule has 0 saturated heterocycles. The second-order valence-electron chi connectivity index (χ2n) is 19.4. The summed E-state index contributed by atoms with van der Waals surface area (Å²) < 4.78 is 85.3. The molecule has 12 N–H and O–H groups in total. The van der Waals surface area contributed by atoms with Crippen LogP contribution in [0.15, 0.2) is 0 Å². The van der Waals surface area contributed by atoms with E-state index in [2.05, 4.69) is 39.3 Å². The fourth-order valence-corrected chi connectivity index (χ4v) is 113. The van der Waals surface area contributed by atoms with Crippen molar-refractivity contribution >= 4 is 130 Å². The molecule has 0 unspecified atom stereocenters. The van der Waals surface area contributed by atoms with Crippen molar-refractivity contribution in [1.82, 2.24) is 0 Å².